The van der Waals surface area contributed by atoms with Crippen LogP contribution in [0.3, 0.4) is 0 Å². The predicted molar refractivity (Wildman–Crippen MR) is 144 cm³/mol. The molecule has 3 unspecified atom stereocenters. The minimum atomic E-state index is -1.62. The summed E-state index contributed by atoms with van der Waals surface area (Å²) in [7, 11) is 0.225. The van der Waals surface area contributed by atoms with Crippen molar-refractivity contribution >= 4 is 10.2 Å². The Labute approximate surface area is 212 Å². The maximum atomic E-state index is 6.59. The first kappa shape index (κ1) is 26.0. The van der Waals surface area contributed by atoms with Gasteiger partial charge in [-0.15, -0.1) is 19.3 Å². The third-order valence-electron chi connectivity index (χ3n) is 5.97. The average molecular weight is 479 g/mol. The summed E-state index contributed by atoms with van der Waals surface area (Å²) in [4.78, 5) is 0. The van der Waals surface area contributed by atoms with Gasteiger partial charge in [0.05, 0.1) is 0 Å². The van der Waals surface area contributed by atoms with Gasteiger partial charge in [0.1, 0.15) is 10.2 Å². The van der Waals surface area contributed by atoms with Gasteiger partial charge < -0.3 is 14.2 Å². The van der Waals surface area contributed by atoms with Crippen molar-refractivity contribution in [3.8, 4) is 37.0 Å². The number of rotatable bonds is 9. The van der Waals surface area contributed by atoms with E-state index in [0.717, 1.165) is 16.7 Å². The summed E-state index contributed by atoms with van der Waals surface area (Å²) in [5.41, 5.74) is -2.83. The molecule has 0 fully saturated rings. The summed E-state index contributed by atoms with van der Waals surface area (Å²) in [6.45, 7) is 5.40. The second kappa shape index (κ2) is 10.4. The summed E-state index contributed by atoms with van der Waals surface area (Å²) < 4.78 is 19.8. The average Bonchev–Trinajstić information content (AvgIpc) is 2.89. The van der Waals surface area contributed by atoms with Gasteiger partial charge in [0, 0.05) is 0 Å². The monoisotopic (exact) mass is 478 g/mol. The van der Waals surface area contributed by atoms with Crippen molar-refractivity contribution in [1.82, 2.24) is 0 Å². The van der Waals surface area contributed by atoms with Crippen molar-refractivity contribution < 1.29 is 14.2 Å². The second-order valence-corrected chi connectivity index (χ2v) is 10.0. The van der Waals surface area contributed by atoms with E-state index in [0.29, 0.717) is 0 Å². The van der Waals surface area contributed by atoms with Gasteiger partial charge in [-0.3, -0.25) is 0 Å². The third-order valence-corrected chi connectivity index (χ3v) is 6.58. The smallest absolute Gasteiger partial charge is 0.250 e. The van der Waals surface area contributed by atoms with Gasteiger partial charge in [-0.2, -0.15) is 0 Å². The molecule has 3 rings (SSSR count). The molecule has 0 aliphatic carbocycles. The Bertz CT molecular complexity index is 1100. The highest BCUT2D eigenvalue weighted by molar-refractivity contribution is 6.12. The first-order valence-electron chi connectivity index (χ1n) is 11.3. The van der Waals surface area contributed by atoms with Crippen molar-refractivity contribution in [1.29, 1.82) is 0 Å². The molecule has 0 aliphatic heterocycles. The molecule has 0 amide bonds. The molecule has 3 aromatic carbocycles. The molecule has 0 heterocycles. The van der Waals surface area contributed by atoms with Crippen molar-refractivity contribution in [2.75, 3.05) is 0 Å². The van der Waals surface area contributed by atoms with E-state index < -0.39 is 22.4 Å². The van der Waals surface area contributed by atoms with Crippen LogP contribution in [0.15, 0.2) is 91.0 Å². The molecule has 0 aliphatic rings. The normalized spacial score (nSPS) is 17.8. The van der Waals surface area contributed by atoms with E-state index in [1.807, 2.05) is 91.0 Å². The lowest BCUT2D eigenvalue weighted by atomic mass is 9.96. The number of terminal acetylenes is 3. The zero-order chi connectivity index (χ0) is 25.6. The van der Waals surface area contributed by atoms with Gasteiger partial charge in [-0.25, -0.2) is 0 Å². The van der Waals surface area contributed by atoms with Gasteiger partial charge in [-0.05, 0) is 37.5 Å². The molecule has 0 spiro atoms. The Morgan fingerprint density at radius 1 is 0.514 bits per heavy atom. The Hall–Kier alpha value is -3.56. The van der Waals surface area contributed by atoms with Crippen LogP contribution < -0.4 is 0 Å². The fourth-order valence-electron chi connectivity index (χ4n) is 3.96. The van der Waals surface area contributed by atoms with E-state index in [1.54, 1.807) is 20.8 Å². The van der Waals surface area contributed by atoms with Crippen LogP contribution in [0.2, 0.25) is 0 Å². The zero-order valence-corrected chi connectivity index (χ0v) is 22.6. The zero-order valence-electron chi connectivity index (χ0n) is 20.6. The summed E-state index contributed by atoms with van der Waals surface area (Å²) in [6, 6.07) is 28.5. The molecule has 0 saturated heterocycles. The highest BCUT2D eigenvalue weighted by atomic mass is 28.1. The van der Waals surface area contributed by atoms with Crippen LogP contribution >= 0.6 is 0 Å². The van der Waals surface area contributed by atoms with Crippen LogP contribution in [0.1, 0.15) is 37.5 Å². The number of hydrogen-bond donors (Lipinski definition) is 0. The Balaban J connectivity index is 2.12. The first-order chi connectivity index (χ1) is 16.6. The van der Waals surface area contributed by atoms with Crippen LogP contribution in [-0.4, -0.2) is 15.8 Å². The molecule has 4 heteroatoms. The fourth-order valence-corrected chi connectivity index (χ4v) is 5.18. The van der Waals surface area contributed by atoms with Crippen molar-refractivity contribution in [3.63, 3.8) is 0 Å². The maximum Gasteiger partial charge on any atom is 0.250 e. The molecule has 0 bridgehead atoms. The molecule has 35 heavy (non-hydrogen) atoms. The topological polar surface area (TPSA) is 27.7 Å². The minimum absolute atomic E-state index is 0.225. The van der Waals surface area contributed by atoms with Crippen LogP contribution in [-0.2, 0) is 31.0 Å². The first-order valence-corrected chi connectivity index (χ1v) is 12.3. The molecular formula is C31H30O3Si. The number of hydrogen-bond acceptors (Lipinski definition) is 3. The summed E-state index contributed by atoms with van der Waals surface area (Å²) in [6.07, 6.45) is 18.0. The summed E-state index contributed by atoms with van der Waals surface area (Å²) >= 11 is 0. The molecule has 0 N–H and O–H groups in total. The van der Waals surface area contributed by atoms with Gasteiger partial charge in [0.15, 0.2) is 16.8 Å². The molecule has 3 aromatic rings. The molecule has 3 nitrogen and oxygen atoms in total. The summed E-state index contributed by atoms with van der Waals surface area (Å²) in [5.74, 6) is 8.32. The van der Waals surface area contributed by atoms with Crippen LogP contribution in [0.4, 0.5) is 0 Å². The molecule has 0 radical (unpaired) electrons. The minimum Gasteiger partial charge on any atom is -0.308 e. The van der Waals surface area contributed by atoms with E-state index in [-0.39, 0.29) is 10.2 Å². The fraction of sp³-hybridized carbons (Fsp3) is 0.226. The van der Waals surface area contributed by atoms with Crippen molar-refractivity contribution in [2.24, 2.45) is 0 Å². The highest BCUT2D eigenvalue weighted by Gasteiger charge is 2.47. The molecule has 3 atom stereocenters. The van der Waals surface area contributed by atoms with Gasteiger partial charge in [0.2, 0.25) is 0 Å². The second-order valence-electron chi connectivity index (χ2n) is 8.80. The molecule has 0 aromatic heterocycles. The SMILES string of the molecule is C#CC(C)(OC([SiH3])(OC(C)(C#C)c1ccccc1)OC(C)(C#C)c1ccccc1)c1ccccc1. The van der Waals surface area contributed by atoms with Crippen LogP contribution in [0.5, 0.6) is 0 Å². The van der Waals surface area contributed by atoms with Crippen molar-refractivity contribution in [3.05, 3.63) is 108 Å². The Morgan fingerprint density at radius 3 is 0.943 bits per heavy atom. The lowest BCUT2D eigenvalue weighted by Gasteiger charge is -2.45. The summed E-state index contributed by atoms with van der Waals surface area (Å²) in [5, 5.41) is 0. The quantitative estimate of drug-likeness (QED) is 0.254. The van der Waals surface area contributed by atoms with E-state index in [4.69, 9.17) is 33.5 Å². The van der Waals surface area contributed by atoms with Crippen LogP contribution in [0.25, 0.3) is 0 Å². The molecule has 0 saturated carbocycles. The number of ether oxygens (including phenoxy) is 3. The van der Waals surface area contributed by atoms with E-state index in [9.17, 15) is 0 Å². The van der Waals surface area contributed by atoms with Crippen LogP contribution in [0, 0.1) is 37.0 Å². The lowest BCUT2D eigenvalue weighted by molar-refractivity contribution is -0.398. The van der Waals surface area contributed by atoms with Crippen molar-refractivity contribution in [2.45, 2.75) is 43.2 Å². The number of benzene rings is 3. The van der Waals surface area contributed by atoms with E-state index in [1.165, 1.54) is 0 Å². The third kappa shape index (κ3) is 5.75. The Morgan fingerprint density at radius 2 is 0.743 bits per heavy atom. The highest BCUT2D eigenvalue weighted by Crippen LogP contribution is 2.40. The van der Waals surface area contributed by atoms with Gasteiger partial charge in [0.25, 0.3) is 5.60 Å². The maximum absolute atomic E-state index is 6.59. The predicted octanol–water partition coefficient (Wildman–Crippen LogP) is 4.66. The Kier molecular flexibility index (Phi) is 7.72. The molecule has 176 valence electrons. The van der Waals surface area contributed by atoms with Gasteiger partial charge in [-0.1, -0.05) is 109 Å². The van der Waals surface area contributed by atoms with E-state index >= 15 is 0 Å². The largest absolute Gasteiger partial charge is 0.308 e. The standard InChI is InChI=1S/C31H30O3Si/c1-7-28(4,25-19-13-10-14-20-25)32-31(35,33-29(5,8-2)26-21-15-11-16-22-26)34-30(6,9-3)27-23-17-12-18-24-27/h1-3,10-24H,4-6,35H3. The van der Waals surface area contributed by atoms with Gasteiger partial charge >= 0.3 is 0 Å². The van der Waals surface area contributed by atoms with E-state index in [2.05, 4.69) is 17.8 Å². The lowest BCUT2D eigenvalue weighted by Crippen LogP contribution is -2.53. The molecular weight excluding hydrogens is 448 g/mol.